The number of amides is 1. The number of hydrogen-bond donors (Lipinski definition) is 1. The second-order valence-electron chi connectivity index (χ2n) is 4.47. The molecule has 0 bridgehead atoms. The Hall–Kier alpha value is -1.47. The summed E-state index contributed by atoms with van der Waals surface area (Å²) in [6, 6.07) is 4.39. The number of carbonyl (C=O) groups excluding carboxylic acids is 1. The van der Waals surface area contributed by atoms with Crippen LogP contribution >= 0.6 is 15.9 Å². The molecule has 0 saturated carbocycles. The lowest BCUT2D eigenvalue weighted by atomic mass is 10.2. The molecule has 116 valence electrons. The number of ether oxygens (including phenoxy) is 1. The molecule has 0 unspecified atom stereocenters. The molecule has 1 amide bonds. The molecule has 7 heteroatoms. The number of nitrogens with zero attached hydrogens (tertiary/aromatic N) is 1. The lowest BCUT2D eigenvalue weighted by Gasteiger charge is -2.07. The second-order valence-corrected chi connectivity index (χ2v) is 5.26. The van der Waals surface area contributed by atoms with Crippen LogP contribution in [-0.2, 0) is 4.74 Å². The summed E-state index contributed by atoms with van der Waals surface area (Å²) in [6.45, 7) is 3.90. The molecule has 0 heterocycles. The van der Waals surface area contributed by atoms with Crippen molar-refractivity contribution < 1.29 is 14.5 Å². The quantitative estimate of drug-likeness (QED) is 0.417. The van der Waals surface area contributed by atoms with Gasteiger partial charge in [0.25, 0.3) is 11.6 Å². The topological polar surface area (TPSA) is 81.5 Å². The van der Waals surface area contributed by atoms with Crippen molar-refractivity contribution in [1.82, 2.24) is 5.32 Å². The molecular weight excluding hydrogens is 340 g/mol. The van der Waals surface area contributed by atoms with Crippen molar-refractivity contribution in [2.75, 3.05) is 19.8 Å². The largest absolute Gasteiger partial charge is 0.381 e. The minimum atomic E-state index is -0.525. The summed E-state index contributed by atoms with van der Waals surface area (Å²) >= 11 is 3.11. The number of nitro benzene ring substituents is 1. The van der Waals surface area contributed by atoms with Crippen LogP contribution in [0.1, 0.15) is 36.5 Å². The van der Waals surface area contributed by atoms with Gasteiger partial charge in [-0.05, 0) is 34.8 Å². The zero-order chi connectivity index (χ0) is 15.7. The smallest absolute Gasteiger partial charge is 0.284 e. The van der Waals surface area contributed by atoms with Crippen molar-refractivity contribution in [3.05, 3.63) is 38.3 Å². The Morgan fingerprint density at radius 3 is 2.76 bits per heavy atom. The van der Waals surface area contributed by atoms with E-state index in [9.17, 15) is 14.9 Å². The minimum absolute atomic E-state index is 0.120. The van der Waals surface area contributed by atoms with Crippen LogP contribution in [0.5, 0.6) is 0 Å². The number of rotatable bonds is 9. The summed E-state index contributed by atoms with van der Waals surface area (Å²) in [5.41, 5.74) is 0.140. The third-order valence-electron chi connectivity index (χ3n) is 2.81. The predicted molar refractivity (Wildman–Crippen MR) is 83.5 cm³/mol. The summed E-state index contributed by atoms with van der Waals surface area (Å²) in [5.74, 6) is -0.334. The zero-order valence-corrected chi connectivity index (χ0v) is 13.5. The van der Waals surface area contributed by atoms with Gasteiger partial charge in [-0.2, -0.15) is 0 Å². The molecule has 0 aliphatic rings. The first-order valence-corrected chi connectivity index (χ1v) is 7.66. The van der Waals surface area contributed by atoms with Crippen LogP contribution in [0.25, 0.3) is 0 Å². The standard InChI is InChI=1S/C14H19BrN2O4/c1-2-3-9-21-10-5-8-16-14(18)11-6-4-7-12(13(11)15)17(19)20/h4,6-7H,2-3,5,8-10H2,1H3,(H,16,18). The van der Waals surface area contributed by atoms with Crippen molar-refractivity contribution in [2.24, 2.45) is 0 Å². The van der Waals surface area contributed by atoms with Crippen LogP contribution in [0.2, 0.25) is 0 Å². The number of carbonyl (C=O) groups is 1. The number of halogens is 1. The predicted octanol–water partition coefficient (Wildman–Crippen LogP) is 3.29. The van der Waals surface area contributed by atoms with Crippen molar-refractivity contribution in [3.8, 4) is 0 Å². The highest BCUT2D eigenvalue weighted by Crippen LogP contribution is 2.28. The Bertz CT molecular complexity index is 494. The van der Waals surface area contributed by atoms with Gasteiger partial charge in [0.15, 0.2) is 0 Å². The van der Waals surface area contributed by atoms with Crippen molar-refractivity contribution in [2.45, 2.75) is 26.2 Å². The molecule has 6 nitrogen and oxygen atoms in total. The number of benzene rings is 1. The van der Waals surface area contributed by atoms with E-state index in [1.54, 1.807) is 6.07 Å². The molecule has 1 aromatic rings. The van der Waals surface area contributed by atoms with Crippen LogP contribution in [0.15, 0.2) is 22.7 Å². The number of nitrogens with one attached hydrogen (secondary N) is 1. The van der Waals surface area contributed by atoms with Gasteiger partial charge in [-0.25, -0.2) is 0 Å². The summed E-state index contributed by atoms with van der Waals surface area (Å²) in [7, 11) is 0. The van der Waals surface area contributed by atoms with E-state index in [1.807, 2.05) is 0 Å². The highest BCUT2D eigenvalue weighted by molar-refractivity contribution is 9.10. The van der Waals surface area contributed by atoms with Gasteiger partial charge in [0.1, 0.15) is 4.47 Å². The molecule has 0 aliphatic heterocycles. The van der Waals surface area contributed by atoms with Crippen LogP contribution in [0.4, 0.5) is 5.69 Å². The lowest BCUT2D eigenvalue weighted by molar-refractivity contribution is -0.385. The Kier molecular flexibility index (Phi) is 7.92. The molecule has 0 aliphatic carbocycles. The third kappa shape index (κ3) is 5.81. The lowest BCUT2D eigenvalue weighted by Crippen LogP contribution is -2.25. The summed E-state index contributed by atoms with van der Waals surface area (Å²) in [6.07, 6.45) is 2.84. The van der Waals surface area contributed by atoms with E-state index in [2.05, 4.69) is 28.2 Å². The maximum Gasteiger partial charge on any atom is 0.284 e. The molecule has 1 aromatic carbocycles. The van der Waals surface area contributed by atoms with Crippen LogP contribution in [-0.4, -0.2) is 30.6 Å². The van der Waals surface area contributed by atoms with E-state index in [1.165, 1.54) is 12.1 Å². The molecule has 0 radical (unpaired) electrons. The van der Waals surface area contributed by atoms with Crippen molar-refractivity contribution in [3.63, 3.8) is 0 Å². The number of nitro groups is 1. The maximum atomic E-state index is 12.0. The van der Waals surface area contributed by atoms with E-state index in [0.717, 1.165) is 19.4 Å². The molecule has 1 N–H and O–H groups in total. The molecule has 0 aromatic heterocycles. The van der Waals surface area contributed by atoms with E-state index in [-0.39, 0.29) is 21.6 Å². The van der Waals surface area contributed by atoms with Gasteiger partial charge in [0.05, 0.1) is 10.5 Å². The average Bonchev–Trinajstić information content (AvgIpc) is 2.46. The van der Waals surface area contributed by atoms with Crippen molar-refractivity contribution in [1.29, 1.82) is 0 Å². The average molecular weight is 359 g/mol. The molecule has 0 fully saturated rings. The number of unbranched alkanes of at least 4 members (excludes halogenated alkanes) is 1. The van der Waals surface area contributed by atoms with Gasteiger partial charge in [-0.1, -0.05) is 19.4 Å². The van der Waals surface area contributed by atoms with Gasteiger partial charge >= 0.3 is 0 Å². The van der Waals surface area contributed by atoms with Gasteiger partial charge in [0.2, 0.25) is 0 Å². The first-order chi connectivity index (χ1) is 10.1. The fourth-order valence-corrected chi connectivity index (χ4v) is 2.25. The second kappa shape index (κ2) is 9.46. The number of hydrogen-bond acceptors (Lipinski definition) is 4. The molecule has 0 saturated heterocycles. The van der Waals surface area contributed by atoms with E-state index in [4.69, 9.17) is 4.74 Å². The van der Waals surface area contributed by atoms with Gasteiger partial charge in [0, 0.05) is 25.8 Å². The minimum Gasteiger partial charge on any atom is -0.381 e. The van der Waals surface area contributed by atoms with Gasteiger partial charge in [-0.15, -0.1) is 0 Å². The summed E-state index contributed by atoms with van der Waals surface area (Å²) in [4.78, 5) is 22.3. The van der Waals surface area contributed by atoms with Crippen LogP contribution in [0.3, 0.4) is 0 Å². The van der Waals surface area contributed by atoms with E-state index < -0.39 is 4.92 Å². The maximum absolute atomic E-state index is 12.0. The molecule has 0 atom stereocenters. The van der Waals surface area contributed by atoms with E-state index in [0.29, 0.717) is 19.6 Å². The van der Waals surface area contributed by atoms with Crippen molar-refractivity contribution >= 4 is 27.5 Å². The Morgan fingerprint density at radius 2 is 2.10 bits per heavy atom. The highest BCUT2D eigenvalue weighted by atomic mass is 79.9. The highest BCUT2D eigenvalue weighted by Gasteiger charge is 2.18. The normalized spacial score (nSPS) is 10.4. The molecule has 1 rings (SSSR count). The van der Waals surface area contributed by atoms with Gasteiger partial charge < -0.3 is 10.1 Å². The summed E-state index contributed by atoms with van der Waals surface area (Å²) in [5, 5.41) is 13.5. The van der Waals surface area contributed by atoms with Crippen LogP contribution < -0.4 is 5.32 Å². The molecular formula is C14H19BrN2O4. The third-order valence-corrected chi connectivity index (χ3v) is 3.65. The SMILES string of the molecule is CCCCOCCCNC(=O)c1cccc([N+](=O)[O-])c1Br. The fourth-order valence-electron chi connectivity index (χ4n) is 1.66. The molecule has 0 spiro atoms. The Labute approximate surface area is 132 Å². The first kappa shape index (κ1) is 17.6. The zero-order valence-electron chi connectivity index (χ0n) is 11.9. The van der Waals surface area contributed by atoms with Gasteiger partial charge in [-0.3, -0.25) is 14.9 Å². The Balaban J connectivity index is 2.42. The Morgan fingerprint density at radius 1 is 1.38 bits per heavy atom. The molecule has 21 heavy (non-hydrogen) atoms. The monoisotopic (exact) mass is 358 g/mol. The first-order valence-electron chi connectivity index (χ1n) is 6.86. The summed E-state index contributed by atoms with van der Waals surface area (Å²) < 4.78 is 5.59. The van der Waals surface area contributed by atoms with E-state index >= 15 is 0 Å². The fraction of sp³-hybridized carbons (Fsp3) is 0.500. The van der Waals surface area contributed by atoms with Crippen LogP contribution in [0, 0.1) is 10.1 Å².